The van der Waals surface area contributed by atoms with E-state index in [0.29, 0.717) is 12.3 Å². The standard InChI is InChI=1S/C34H44N6O4/c35-31(41)28(18-22-10-3-1-4-11-22)38-34(44)30(20-24-21-37-26-15-8-7-14-25(24)26)40-33(43)29(19-23-12-5-2-6-13-23)39-32(42)27-16-9-17-36-27/h1,3-4,7-8,10-11,14-15,21,23,27-30,36-37H,2,5-6,9,12-13,16-20H2,(H2,35,41)(H,38,44)(H,39,42)(H,40,43)/t27-,28-,29+,30-/m0/s1. The number of hydrogen-bond donors (Lipinski definition) is 6. The van der Waals surface area contributed by atoms with Gasteiger partial charge >= 0.3 is 0 Å². The normalized spacial score (nSPS) is 19.1. The molecule has 2 aliphatic rings. The molecule has 0 bridgehead atoms. The zero-order chi connectivity index (χ0) is 30.9. The second-order valence-corrected chi connectivity index (χ2v) is 12.2. The largest absolute Gasteiger partial charge is 0.368 e. The number of amides is 4. The highest BCUT2D eigenvalue weighted by molar-refractivity contribution is 5.95. The molecule has 1 saturated carbocycles. The van der Waals surface area contributed by atoms with Crippen LogP contribution in [-0.4, -0.2) is 59.3 Å². The Morgan fingerprint density at radius 3 is 2.20 bits per heavy atom. The van der Waals surface area contributed by atoms with E-state index in [1.807, 2.05) is 60.8 Å². The fourth-order valence-corrected chi connectivity index (χ4v) is 6.52. The van der Waals surface area contributed by atoms with E-state index >= 15 is 0 Å². The van der Waals surface area contributed by atoms with Gasteiger partial charge in [-0.2, -0.15) is 0 Å². The van der Waals surface area contributed by atoms with E-state index in [4.69, 9.17) is 5.73 Å². The van der Waals surface area contributed by atoms with E-state index in [2.05, 4.69) is 26.3 Å². The molecule has 1 saturated heterocycles. The van der Waals surface area contributed by atoms with Crippen molar-refractivity contribution < 1.29 is 19.2 Å². The van der Waals surface area contributed by atoms with Crippen molar-refractivity contribution in [1.29, 1.82) is 0 Å². The molecule has 1 aliphatic carbocycles. The van der Waals surface area contributed by atoms with Gasteiger partial charge in [-0.05, 0) is 48.9 Å². The lowest BCUT2D eigenvalue weighted by molar-refractivity contribution is -0.134. The molecule has 3 aromatic rings. The van der Waals surface area contributed by atoms with Crippen molar-refractivity contribution in [1.82, 2.24) is 26.3 Å². The van der Waals surface area contributed by atoms with Crippen LogP contribution >= 0.6 is 0 Å². The SMILES string of the molecule is NC(=O)[C@H](Cc1ccccc1)NC(=O)[C@H](Cc1c[nH]c2ccccc12)NC(=O)[C@@H](CC1CCCCC1)NC(=O)[C@@H]1CCCN1. The predicted molar refractivity (Wildman–Crippen MR) is 169 cm³/mol. The zero-order valence-corrected chi connectivity index (χ0v) is 25.1. The second-order valence-electron chi connectivity index (χ2n) is 12.2. The Labute approximate surface area is 258 Å². The van der Waals surface area contributed by atoms with E-state index < -0.39 is 35.8 Å². The average Bonchev–Trinajstić information content (AvgIpc) is 3.72. The Morgan fingerprint density at radius 2 is 1.48 bits per heavy atom. The molecular formula is C34H44N6O4. The summed E-state index contributed by atoms with van der Waals surface area (Å²) in [6.07, 6.45) is 9.83. The molecule has 4 atom stereocenters. The Kier molecular flexibility index (Phi) is 10.7. The summed E-state index contributed by atoms with van der Waals surface area (Å²) in [6.45, 7) is 0.772. The lowest BCUT2D eigenvalue weighted by Crippen LogP contribution is -2.58. The summed E-state index contributed by atoms with van der Waals surface area (Å²) in [5.41, 5.74) is 8.33. The average molecular weight is 601 g/mol. The number of benzene rings is 2. The van der Waals surface area contributed by atoms with E-state index in [0.717, 1.165) is 67.1 Å². The maximum absolute atomic E-state index is 14.0. The van der Waals surface area contributed by atoms with Crippen molar-refractivity contribution in [3.63, 3.8) is 0 Å². The lowest BCUT2D eigenvalue weighted by Gasteiger charge is -2.29. The molecule has 10 nitrogen and oxygen atoms in total. The first kappa shape index (κ1) is 31.3. The molecule has 10 heteroatoms. The van der Waals surface area contributed by atoms with E-state index in [1.165, 1.54) is 6.42 Å². The molecule has 2 heterocycles. The van der Waals surface area contributed by atoms with Gasteiger partial charge in [-0.3, -0.25) is 19.2 Å². The number of nitrogens with one attached hydrogen (secondary N) is 5. The highest BCUT2D eigenvalue weighted by Crippen LogP contribution is 2.28. The molecule has 0 spiro atoms. The van der Waals surface area contributed by atoms with Crippen LogP contribution in [0.4, 0.5) is 0 Å². The van der Waals surface area contributed by atoms with Gasteiger partial charge in [0.25, 0.3) is 0 Å². The molecule has 0 radical (unpaired) electrons. The van der Waals surface area contributed by atoms with Crippen LogP contribution in [0.3, 0.4) is 0 Å². The van der Waals surface area contributed by atoms with Crippen molar-refractivity contribution in [2.24, 2.45) is 11.7 Å². The van der Waals surface area contributed by atoms with Crippen molar-refractivity contribution in [2.45, 2.75) is 88.4 Å². The summed E-state index contributed by atoms with van der Waals surface area (Å²) >= 11 is 0. The van der Waals surface area contributed by atoms with E-state index in [-0.39, 0.29) is 24.8 Å². The minimum Gasteiger partial charge on any atom is -0.368 e. The smallest absolute Gasteiger partial charge is 0.243 e. The maximum atomic E-state index is 14.0. The number of aromatic nitrogens is 1. The summed E-state index contributed by atoms with van der Waals surface area (Å²) in [6, 6.07) is 14.0. The van der Waals surface area contributed by atoms with Crippen LogP contribution in [0.1, 0.15) is 62.5 Å². The van der Waals surface area contributed by atoms with E-state index in [9.17, 15) is 19.2 Å². The molecular weight excluding hydrogens is 556 g/mol. The van der Waals surface area contributed by atoms with Crippen molar-refractivity contribution >= 4 is 34.5 Å². The number of rotatable bonds is 13. The third-order valence-corrected chi connectivity index (χ3v) is 8.98. The van der Waals surface area contributed by atoms with Gasteiger partial charge in [0.2, 0.25) is 23.6 Å². The maximum Gasteiger partial charge on any atom is 0.243 e. The zero-order valence-electron chi connectivity index (χ0n) is 25.1. The van der Waals surface area contributed by atoms with Gasteiger partial charge in [0.05, 0.1) is 6.04 Å². The minimum absolute atomic E-state index is 0.187. The Morgan fingerprint density at radius 1 is 0.773 bits per heavy atom. The molecule has 234 valence electrons. The molecule has 7 N–H and O–H groups in total. The number of primary amides is 1. The number of hydrogen-bond acceptors (Lipinski definition) is 5. The summed E-state index contributed by atoms with van der Waals surface area (Å²) in [4.78, 5) is 56.6. The fraction of sp³-hybridized carbons (Fsp3) is 0.471. The van der Waals surface area contributed by atoms with Crippen LogP contribution in [0, 0.1) is 5.92 Å². The van der Waals surface area contributed by atoms with Crippen LogP contribution in [0.5, 0.6) is 0 Å². The molecule has 0 unspecified atom stereocenters. The molecule has 4 amide bonds. The summed E-state index contributed by atoms with van der Waals surface area (Å²) in [7, 11) is 0. The van der Waals surface area contributed by atoms with Crippen molar-refractivity contribution in [3.8, 4) is 0 Å². The van der Waals surface area contributed by atoms with Crippen LogP contribution in [0.15, 0.2) is 60.8 Å². The first-order valence-corrected chi connectivity index (χ1v) is 15.9. The second kappa shape index (κ2) is 15.0. The summed E-state index contributed by atoms with van der Waals surface area (Å²) < 4.78 is 0. The number of para-hydroxylation sites is 1. The van der Waals surface area contributed by atoms with Crippen LogP contribution in [0.2, 0.25) is 0 Å². The Bertz CT molecular complexity index is 1430. The third kappa shape index (κ3) is 8.25. The van der Waals surface area contributed by atoms with Crippen molar-refractivity contribution in [3.05, 3.63) is 71.9 Å². The highest BCUT2D eigenvalue weighted by atomic mass is 16.2. The number of fused-ring (bicyclic) bond motifs is 1. The Hall–Kier alpha value is -4.18. The molecule has 2 fully saturated rings. The summed E-state index contributed by atoms with van der Waals surface area (Å²) in [5.74, 6) is -1.44. The number of aromatic amines is 1. The summed E-state index contributed by atoms with van der Waals surface area (Å²) in [5, 5.41) is 12.9. The van der Waals surface area contributed by atoms with Crippen molar-refractivity contribution in [2.75, 3.05) is 6.54 Å². The van der Waals surface area contributed by atoms with Gasteiger partial charge in [0, 0.05) is 29.9 Å². The molecule has 1 aromatic heterocycles. The van der Waals surface area contributed by atoms with Crippen LogP contribution < -0.4 is 27.0 Å². The predicted octanol–water partition coefficient (Wildman–Crippen LogP) is 2.62. The molecule has 5 rings (SSSR count). The van der Waals surface area contributed by atoms with Gasteiger partial charge in [0.15, 0.2) is 0 Å². The highest BCUT2D eigenvalue weighted by Gasteiger charge is 2.33. The monoisotopic (exact) mass is 600 g/mol. The number of nitrogens with two attached hydrogens (primary N) is 1. The van der Waals surface area contributed by atoms with Gasteiger partial charge in [0.1, 0.15) is 18.1 Å². The van der Waals surface area contributed by atoms with Gasteiger partial charge in [-0.25, -0.2) is 0 Å². The number of H-pyrrole nitrogens is 1. The van der Waals surface area contributed by atoms with Crippen LogP contribution in [0.25, 0.3) is 10.9 Å². The lowest BCUT2D eigenvalue weighted by atomic mass is 9.84. The topological polar surface area (TPSA) is 158 Å². The van der Waals surface area contributed by atoms with Crippen LogP contribution in [-0.2, 0) is 32.0 Å². The minimum atomic E-state index is -1.00. The first-order chi connectivity index (χ1) is 21.4. The fourth-order valence-electron chi connectivity index (χ4n) is 6.52. The molecule has 1 aliphatic heterocycles. The molecule has 2 aromatic carbocycles. The Balaban J connectivity index is 1.37. The third-order valence-electron chi connectivity index (χ3n) is 8.98. The quantitative estimate of drug-likeness (QED) is 0.178. The van der Waals surface area contributed by atoms with Gasteiger partial charge in [-0.1, -0.05) is 80.6 Å². The molecule has 44 heavy (non-hydrogen) atoms. The van der Waals surface area contributed by atoms with Gasteiger partial charge < -0.3 is 32.0 Å². The number of carbonyl (C=O) groups excluding carboxylic acids is 4. The first-order valence-electron chi connectivity index (χ1n) is 15.9. The van der Waals surface area contributed by atoms with E-state index in [1.54, 1.807) is 0 Å². The number of carbonyl (C=O) groups is 4. The van der Waals surface area contributed by atoms with Gasteiger partial charge in [-0.15, -0.1) is 0 Å².